The quantitative estimate of drug-likeness (QED) is 0.429. The number of hydrogen-bond donors (Lipinski definition) is 0. The maximum Gasteiger partial charge on any atom is 0.337 e. The van der Waals surface area contributed by atoms with Crippen molar-refractivity contribution >= 4 is 39.4 Å². The Morgan fingerprint density at radius 1 is 1.06 bits per heavy atom. The molecule has 2 aromatic carbocycles. The largest absolute Gasteiger partial charge is 0.468 e. The number of hydrogen-bond acceptors (Lipinski definition) is 8. The highest BCUT2D eigenvalue weighted by Crippen LogP contribution is 2.22. The zero-order valence-corrected chi connectivity index (χ0v) is 17.9. The van der Waals surface area contributed by atoms with Crippen molar-refractivity contribution in [2.45, 2.75) is 6.54 Å². The van der Waals surface area contributed by atoms with Crippen LogP contribution in [0.5, 0.6) is 0 Å². The molecule has 0 atom stereocenters. The van der Waals surface area contributed by atoms with Gasteiger partial charge in [0, 0.05) is 11.6 Å². The SMILES string of the molecule is COC(=O)Cn1c(=NC(=O)c2cc(-c3ccccc3)on2)sc2cc(C(=O)OC)ccc21. The van der Waals surface area contributed by atoms with E-state index in [1.807, 2.05) is 30.3 Å². The second-order valence-electron chi connectivity index (χ2n) is 6.58. The first-order chi connectivity index (χ1) is 15.5. The van der Waals surface area contributed by atoms with E-state index < -0.39 is 17.8 Å². The molecule has 0 aliphatic carbocycles. The summed E-state index contributed by atoms with van der Waals surface area (Å²) in [6, 6.07) is 15.6. The van der Waals surface area contributed by atoms with Crippen molar-refractivity contribution < 1.29 is 28.4 Å². The van der Waals surface area contributed by atoms with Crippen molar-refractivity contribution in [1.29, 1.82) is 0 Å². The molecule has 0 aliphatic heterocycles. The van der Waals surface area contributed by atoms with Gasteiger partial charge in [-0.15, -0.1) is 0 Å². The molecule has 0 radical (unpaired) electrons. The molecule has 0 spiro atoms. The molecule has 10 heteroatoms. The normalized spacial score (nSPS) is 11.5. The van der Waals surface area contributed by atoms with E-state index in [4.69, 9.17) is 14.0 Å². The van der Waals surface area contributed by atoms with E-state index in [0.29, 0.717) is 21.5 Å². The number of nitrogens with zero attached hydrogens (tertiary/aromatic N) is 3. The zero-order valence-electron chi connectivity index (χ0n) is 17.1. The summed E-state index contributed by atoms with van der Waals surface area (Å²) in [6.45, 7) is -0.158. The Hall–Kier alpha value is -4.05. The third-order valence-electron chi connectivity index (χ3n) is 4.60. The third-order valence-corrected chi connectivity index (χ3v) is 5.64. The van der Waals surface area contributed by atoms with Gasteiger partial charge in [-0.05, 0) is 18.2 Å². The van der Waals surface area contributed by atoms with Crippen molar-refractivity contribution in [2.24, 2.45) is 4.99 Å². The average molecular weight is 451 g/mol. The Morgan fingerprint density at radius 2 is 1.84 bits per heavy atom. The molecule has 0 saturated carbocycles. The summed E-state index contributed by atoms with van der Waals surface area (Å²) in [7, 11) is 2.56. The van der Waals surface area contributed by atoms with Crippen LogP contribution >= 0.6 is 11.3 Å². The second-order valence-corrected chi connectivity index (χ2v) is 7.59. The van der Waals surface area contributed by atoms with Gasteiger partial charge in [0.25, 0.3) is 0 Å². The third kappa shape index (κ3) is 4.21. The number of fused-ring (bicyclic) bond motifs is 1. The average Bonchev–Trinajstić information content (AvgIpc) is 3.44. The lowest BCUT2D eigenvalue weighted by Gasteiger charge is -2.04. The van der Waals surface area contributed by atoms with Crippen LogP contribution in [-0.4, -0.2) is 41.8 Å². The second kappa shape index (κ2) is 8.98. The number of thiazole rings is 1. The minimum Gasteiger partial charge on any atom is -0.468 e. The molecule has 32 heavy (non-hydrogen) atoms. The fraction of sp³-hybridized carbons (Fsp3) is 0.136. The van der Waals surface area contributed by atoms with Crippen molar-refractivity contribution in [3.63, 3.8) is 0 Å². The van der Waals surface area contributed by atoms with Crippen molar-refractivity contribution in [2.75, 3.05) is 14.2 Å². The van der Waals surface area contributed by atoms with Crippen molar-refractivity contribution in [3.8, 4) is 11.3 Å². The lowest BCUT2D eigenvalue weighted by Crippen LogP contribution is -2.22. The summed E-state index contributed by atoms with van der Waals surface area (Å²) in [5, 5.41) is 3.82. The van der Waals surface area contributed by atoms with Crippen LogP contribution in [0, 0.1) is 0 Å². The number of methoxy groups -OCH3 is 2. The summed E-state index contributed by atoms with van der Waals surface area (Å²) in [5.41, 5.74) is 1.76. The van der Waals surface area contributed by atoms with Gasteiger partial charge in [0.15, 0.2) is 16.3 Å². The molecule has 162 valence electrons. The van der Waals surface area contributed by atoms with Gasteiger partial charge >= 0.3 is 17.8 Å². The van der Waals surface area contributed by atoms with Crippen LogP contribution in [0.25, 0.3) is 21.5 Å². The topological polar surface area (TPSA) is 113 Å². The number of esters is 2. The fourth-order valence-corrected chi connectivity index (χ4v) is 4.08. The molecule has 9 nitrogen and oxygen atoms in total. The van der Waals surface area contributed by atoms with E-state index in [1.165, 1.54) is 20.3 Å². The summed E-state index contributed by atoms with van der Waals surface area (Å²) in [4.78, 5) is 41.0. The van der Waals surface area contributed by atoms with E-state index in [1.54, 1.807) is 22.8 Å². The summed E-state index contributed by atoms with van der Waals surface area (Å²) < 4.78 is 17.0. The summed E-state index contributed by atoms with van der Waals surface area (Å²) >= 11 is 1.15. The Bertz CT molecular complexity index is 1380. The molecule has 0 unspecified atom stereocenters. The Balaban J connectivity index is 1.77. The minimum absolute atomic E-state index is 0.0289. The number of carbonyl (C=O) groups excluding carboxylic acids is 3. The van der Waals surface area contributed by atoms with Gasteiger partial charge in [-0.1, -0.05) is 46.8 Å². The first-order valence-electron chi connectivity index (χ1n) is 9.40. The van der Waals surface area contributed by atoms with E-state index in [2.05, 4.69) is 10.1 Å². The highest BCUT2D eigenvalue weighted by Gasteiger charge is 2.17. The van der Waals surface area contributed by atoms with Crippen LogP contribution in [0.1, 0.15) is 20.8 Å². The predicted molar refractivity (Wildman–Crippen MR) is 115 cm³/mol. The van der Waals surface area contributed by atoms with Gasteiger partial charge in [-0.25, -0.2) is 4.79 Å². The van der Waals surface area contributed by atoms with E-state index in [-0.39, 0.29) is 17.0 Å². The van der Waals surface area contributed by atoms with Gasteiger partial charge < -0.3 is 18.6 Å². The van der Waals surface area contributed by atoms with Crippen LogP contribution in [0.4, 0.5) is 0 Å². The van der Waals surface area contributed by atoms with E-state index >= 15 is 0 Å². The molecule has 0 bridgehead atoms. The smallest absolute Gasteiger partial charge is 0.337 e. The predicted octanol–water partition coefficient (Wildman–Crippen LogP) is 3.06. The van der Waals surface area contributed by atoms with Crippen molar-refractivity contribution in [3.05, 3.63) is 70.7 Å². The van der Waals surface area contributed by atoms with E-state index in [0.717, 1.165) is 16.9 Å². The van der Waals surface area contributed by atoms with E-state index in [9.17, 15) is 14.4 Å². The molecule has 2 aromatic heterocycles. The number of rotatable bonds is 5. The van der Waals surface area contributed by atoms with Crippen LogP contribution in [0.2, 0.25) is 0 Å². The van der Waals surface area contributed by atoms with Gasteiger partial charge in [0.2, 0.25) is 0 Å². The maximum absolute atomic E-state index is 12.8. The lowest BCUT2D eigenvalue weighted by molar-refractivity contribution is -0.141. The number of aromatic nitrogens is 2. The molecular formula is C22H17N3O6S. The molecule has 0 N–H and O–H groups in total. The van der Waals surface area contributed by atoms with Gasteiger partial charge in [-0.2, -0.15) is 4.99 Å². The van der Waals surface area contributed by atoms with Gasteiger partial charge in [0.1, 0.15) is 6.54 Å². The Kier molecular flexibility index (Phi) is 5.95. The highest BCUT2D eigenvalue weighted by atomic mass is 32.1. The summed E-state index contributed by atoms with van der Waals surface area (Å²) in [6.07, 6.45) is 0. The molecule has 2 heterocycles. The van der Waals surface area contributed by atoms with Crippen LogP contribution in [0.15, 0.2) is 64.1 Å². The number of amides is 1. The standard InChI is InChI=1S/C22H17N3O6S/c1-29-19(26)12-25-16-9-8-14(21(28)30-2)10-18(16)32-22(25)23-20(27)15-11-17(31-24-15)13-6-4-3-5-7-13/h3-11H,12H2,1-2H3. The van der Waals surface area contributed by atoms with Gasteiger partial charge in [-0.3, -0.25) is 9.59 Å². The number of ether oxygens (including phenoxy) is 2. The van der Waals surface area contributed by atoms with Crippen molar-refractivity contribution in [1.82, 2.24) is 9.72 Å². The molecule has 1 amide bonds. The number of carbonyl (C=O) groups is 3. The van der Waals surface area contributed by atoms with Crippen LogP contribution in [0.3, 0.4) is 0 Å². The minimum atomic E-state index is -0.630. The lowest BCUT2D eigenvalue weighted by atomic mass is 10.1. The first-order valence-corrected chi connectivity index (χ1v) is 10.2. The monoisotopic (exact) mass is 451 g/mol. The molecular weight excluding hydrogens is 434 g/mol. The summed E-state index contributed by atoms with van der Waals surface area (Å²) in [5.74, 6) is -1.20. The Labute approximate surface area is 185 Å². The van der Waals surface area contributed by atoms with Crippen LogP contribution < -0.4 is 4.80 Å². The molecule has 0 aliphatic rings. The maximum atomic E-state index is 12.8. The molecule has 0 fully saturated rings. The zero-order chi connectivity index (χ0) is 22.7. The van der Waals surface area contributed by atoms with Gasteiger partial charge in [0.05, 0.1) is 30.0 Å². The highest BCUT2D eigenvalue weighted by molar-refractivity contribution is 7.16. The Morgan fingerprint density at radius 3 is 2.56 bits per heavy atom. The number of benzene rings is 2. The van der Waals surface area contributed by atoms with Crippen LogP contribution in [-0.2, 0) is 20.8 Å². The first kappa shape index (κ1) is 21.2. The molecule has 4 rings (SSSR count). The molecule has 4 aromatic rings. The molecule has 0 saturated heterocycles. The fourth-order valence-electron chi connectivity index (χ4n) is 3.01.